The van der Waals surface area contributed by atoms with Crippen LogP contribution in [0, 0.1) is 4.77 Å². The van der Waals surface area contributed by atoms with Crippen molar-refractivity contribution in [2.45, 2.75) is 58.5 Å². The van der Waals surface area contributed by atoms with Gasteiger partial charge in [0.1, 0.15) is 0 Å². The number of aromatic nitrogens is 2. The fraction of sp³-hybridized carbons (Fsp3) is 0.500. The number of nitrogens with one attached hydrogen (secondary N) is 2. The van der Waals surface area contributed by atoms with Crippen LogP contribution in [0.15, 0.2) is 29.1 Å². The van der Waals surface area contributed by atoms with Gasteiger partial charge in [0.15, 0.2) is 4.77 Å². The number of fused-ring (bicyclic) bond motifs is 1. The minimum absolute atomic E-state index is 0.0477. The minimum Gasteiger partial charge on any atom is -0.354 e. The predicted octanol–water partition coefficient (Wildman–Crippen LogP) is 3.53. The molecule has 2 rings (SSSR count). The molecule has 2 N–H and O–H groups in total. The molecule has 1 aromatic heterocycles. The van der Waals surface area contributed by atoms with Crippen molar-refractivity contribution in [3.05, 3.63) is 39.4 Å². The van der Waals surface area contributed by atoms with E-state index in [9.17, 15) is 9.59 Å². The average Bonchev–Trinajstić information content (AvgIpc) is 2.55. The summed E-state index contributed by atoms with van der Waals surface area (Å²) in [4.78, 5) is 27.6. The molecule has 1 amide bonds. The van der Waals surface area contributed by atoms with Gasteiger partial charge in [-0.3, -0.25) is 14.2 Å². The van der Waals surface area contributed by atoms with Gasteiger partial charge in [-0.05, 0) is 37.7 Å². The second-order valence-electron chi connectivity index (χ2n) is 6.15. The largest absolute Gasteiger partial charge is 0.354 e. The predicted molar refractivity (Wildman–Crippen MR) is 99.8 cm³/mol. The SMILES string of the molecule is CCCCCC(C)NC(=O)CCn1c(=S)[nH]c2ccccc2c1=O. The molecule has 6 heteroatoms. The Labute approximate surface area is 147 Å². The van der Waals surface area contributed by atoms with Gasteiger partial charge in [-0.2, -0.15) is 0 Å². The Hall–Kier alpha value is -1.95. The Kier molecular flexibility index (Phi) is 6.73. The monoisotopic (exact) mass is 347 g/mol. The van der Waals surface area contributed by atoms with Gasteiger partial charge in [0.2, 0.25) is 5.91 Å². The second kappa shape index (κ2) is 8.78. The van der Waals surface area contributed by atoms with Crippen LogP contribution in [0.2, 0.25) is 0 Å². The first kappa shape index (κ1) is 18.4. The number of hydrogen-bond donors (Lipinski definition) is 2. The van der Waals surface area contributed by atoms with Crippen molar-refractivity contribution < 1.29 is 4.79 Å². The number of para-hydroxylation sites is 1. The lowest BCUT2D eigenvalue weighted by Gasteiger charge is -2.14. The van der Waals surface area contributed by atoms with Crippen LogP contribution in [0.25, 0.3) is 10.9 Å². The van der Waals surface area contributed by atoms with E-state index in [0.29, 0.717) is 10.2 Å². The van der Waals surface area contributed by atoms with Crippen LogP contribution >= 0.6 is 12.2 Å². The number of carbonyl (C=O) groups excluding carboxylic acids is 1. The Morgan fingerprint density at radius 3 is 2.83 bits per heavy atom. The molecule has 0 saturated heterocycles. The van der Waals surface area contributed by atoms with Crippen LogP contribution < -0.4 is 10.9 Å². The summed E-state index contributed by atoms with van der Waals surface area (Å²) in [5.41, 5.74) is 0.566. The highest BCUT2D eigenvalue weighted by Crippen LogP contribution is 2.06. The molecule has 1 heterocycles. The third-order valence-electron chi connectivity index (χ3n) is 4.10. The lowest BCUT2D eigenvalue weighted by molar-refractivity contribution is -0.121. The molecule has 0 radical (unpaired) electrons. The van der Waals surface area contributed by atoms with Crippen molar-refractivity contribution in [3.8, 4) is 0 Å². The van der Waals surface area contributed by atoms with Crippen LogP contribution in [-0.4, -0.2) is 21.5 Å². The molecule has 0 bridgehead atoms. The molecule has 1 unspecified atom stereocenters. The zero-order valence-electron chi connectivity index (χ0n) is 14.3. The summed E-state index contributed by atoms with van der Waals surface area (Å²) in [5, 5.41) is 3.57. The molecule has 0 aliphatic carbocycles. The van der Waals surface area contributed by atoms with E-state index >= 15 is 0 Å². The molecule has 0 spiro atoms. The van der Waals surface area contributed by atoms with Crippen molar-refractivity contribution in [2.75, 3.05) is 0 Å². The molecular formula is C18H25N3O2S. The van der Waals surface area contributed by atoms with E-state index < -0.39 is 0 Å². The molecule has 0 fully saturated rings. The van der Waals surface area contributed by atoms with E-state index in [0.717, 1.165) is 18.4 Å². The third-order valence-corrected chi connectivity index (χ3v) is 4.42. The molecular weight excluding hydrogens is 322 g/mol. The van der Waals surface area contributed by atoms with Crippen LogP contribution in [0.1, 0.15) is 46.0 Å². The van der Waals surface area contributed by atoms with Crippen molar-refractivity contribution >= 4 is 29.0 Å². The van der Waals surface area contributed by atoms with Crippen LogP contribution in [-0.2, 0) is 11.3 Å². The van der Waals surface area contributed by atoms with Gasteiger partial charge in [0, 0.05) is 19.0 Å². The summed E-state index contributed by atoms with van der Waals surface area (Å²) in [6.45, 7) is 4.46. The van der Waals surface area contributed by atoms with E-state index in [1.54, 1.807) is 6.07 Å². The molecule has 0 aliphatic heterocycles. The van der Waals surface area contributed by atoms with Crippen LogP contribution in [0.3, 0.4) is 0 Å². The Bertz CT molecular complexity index is 810. The average molecular weight is 347 g/mol. The van der Waals surface area contributed by atoms with E-state index in [2.05, 4.69) is 17.2 Å². The number of rotatable bonds is 8. The summed E-state index contributed by atoms with van der Waals surface area (Å²) in [6.07, 6.45) is 4.70. The molecule has 0 aliphatic rings. The lowest BCUT2D eigenvalue weighted by atomic mass is 10.1. The van der Waals surface area contributed by atoms with Crippen LogP contribution in [0.4, 0.5) is 0 Å². The second-order valence-corrected chi connectivity index (χ2v) is 6.53. The Morgan fingerprint density at radius 1 is 1.33 bits per heavy atom. The van der Waals surface area contributed by atoms with Gasteiger partial charge in [0.25, 0.3) is 5.56 Å². The van der Waals surface area contributed by atoms with E-state index in [-0.39, 0.29) is 30.5 Å². The van der Waals surface area contributed by atoms with Gasteiger partial charge >= 0.3 is 0 Å². The molecule has 24 heavy (non-hydrogen) atoms. The summed E-state index contributed by atoms with van der Waals surface area (Å²) < 4.78 is 1.81. The zero-order valence-corrected chi connectivity index (χ0v) is 15.1. The molecule has 0 saturated carbocycles. The first-order valence-electron chi connectivity index (χ1n) is 8.54. The van der Waals surface area contributed by atoms with Crippen molar-refractivity contribution in [2.24, 2.45) is 0 Å². The fourth-order valence-corrected chi connectivity index (χ4v) is 3.02. The zero-order chi connectivity index (χ0) is 17.5. The van der Waals surface area contributed by atoms with Crippen molar-refractivity contribution in [1.29, 1.82) is 0 Å². The number of amides is 1. The normalized spacial score (nSPS) is 12.2. The minimum atomic E-state index is -0.154. The third kappa shape index (κ3) is 4.77. The lowest BCUT2D eigenvalue weighted by Crippen LogP contribution is -2.34. The first-order chi connectivity index (χ1) is 11.5. The highest BCUT2D eigenvalue weighted by molar-refractivity contribution is 7.71. The maximum atomic E-state index is 12.5. The maximum Gasteiger partial charge on any atom is 0.262 e. The topological polar surface area (TPSA) is 66.9 Å². The molecule has 2 aromatic rings. The van der Waals surface area contributed by atoms with E-state index in [1.807, 2.05) is 25.1 Å². The van der Waals surface area contributed by atoms with E-state index in [1.165, 1.54) is 17.4 Å². The van der Waals surface area contributed by atoms with Crippen LogP contribution in [0.5, 0.6) is 0 Å². The van der Waals surface area contributed by atoms with Gasteiger partial charge in [-0.25, -0.2) is 0 Å². The molecule has 5 nitrogen and oxygen atoms in total. The van der Waals surface area contributed by atoms with Gasteiger partial charge in [-0.15, -0.1) is 0 Å². The number of H-pyrrole nitrogens is 1. The number of benzene rings is 1. The summed E-state index contributed by atoms with van der Waals surface area (Å²) in [7, 11) is 0. The summed E-state index contributed by atoms with van der Waals surface area (Å²) in [5.74, 6) is -0.0477. The Balaban J connectivity index is 1.99. The van der Waals surface area contributed by atoms with Gasteiger partial charge < -0.3 is 10.3 Å². The standard InChI is InChI=1S/C18H25N3O2S/c1-3-4-5-8-13(2)19-16(22)11-12-21-17(23)14-9-6-7-10-15(14)20-18(21)24/h6-7,9-10,13H,3-5,8,11-12H2,1-2H3,(H,19,22)(H,20,24). The number of carbonyl (C=O) groups is 1. The first-order valence-corrected chi connectivity index (χ1v) is 8.95. The number of nitrogens with zero attached hydrogens (tertiary/aromatic N) is 1. The Morgan fingerprint density at radius 2 is 2.08 bits per heavy atom. The number of hydrogen-bond acceptors (Lipinski definition) is 3. The summed E-state index contributed by atoms with van der Waals surface area (Å²) >= 11 is 5.25. The molecule has 130 valence electrons. The van der Waals surface area contributed by atoms with E-state index in [4.69, 9.17) is 12.2 Å². The van der Waals surface area contributed by atoms with Gasteiger partial charge in [-0.1, -0.05) is 38.3 Å². The van der Waals surface area contributed by atoms with Crippen molar-refractivity contribution in [3.63, 3.8) is 0 Å². The quantitative estimate of drug-likeness (QED) is 0.567. The fourth-order valence-electron chi connectivity index (χ4n) is 2.74. The van der Waals surface area contributed by atoms with Crippen molar-refractivity contribution in [1.82, 2.24) is 14.9 Å². The summed E-state index contributed by atoms with van der Waals surface area (Å²) in [6, 6.07) is 7.41. The maximum absolute atomic E-state index is 12.5. The molecule has 1 aromatic carbocycles. The molecule has 1 atom stereocenters. The number of unbranched alkanes of at least 4 members (excludes halogenated alkanes) is 2. The number of aromatic amines is 1. The highest BCUT2D eigenvalue weighted by atomic mass is 32.1. The van der Waals surface area contributed by atoms with Gasteiger partial charge in [0.05, 0.1) is 10.9 Å². The highest BCUT2D eigenvalue weighted by Gasteiger charge is 2.10. The smallest absolute Gasteiger partial charge is 0.262 e.